The van der Waals surface area contributed by atoms with Crippen LogP contribution in [0.4, 0.5) is 0 Å². The molecule has 0 atom stereocenters. The topological polar surface area (TPSA) is 59.6 Å². The number of methoxy groups -OCH3 is 1. The SMILES string of the molecule is COCCOc1ccccc1C(=O)NC1CCNCC1. The fourth-order valence-corrected chi connectivity index (χ4v) is 2.24. The second kappa shape index (κ2) is 7.87. The highest BCUT2D eigenvalue weighted by atomic mass is 16.5. The summed E-state index contributed by atoms with van der Waals surface area (Å²) in [7, 11) is 1.62. The van der Waals surface area contributed by atoms with Gasteiger partial charge in [-0.05, 0) is 38.1 Å². The van der Waals surface area contributed by atoms with E-state index in [1.807, 2.05) is 18.2 Å². The summed E-state index contributed by atoms with van der Waals surface area (Å²) in [6.45, 7) is 2.85. The van der Waals surface area contributed by atoms with Gasteiger partial charge in [-0.1, -0.05) is 12.1 Å². The highest BCUT2D eigenvalue weighted by Crippen LogP contribution is 2.18. The first-order valence-electron chi connectivity index (χ1n) is 7.03. The van der Waals surface area contributed by atoms with Crippen LogP contribution in [0.1, 0.15) is 23.2 Å². The zero-order valence-corrected chi connectivity index (χ0v) is 11.9. The fraction of sp³-hybridized carbons (Fsp3) is 0.533. The van der Waals surface area contributed by atoms with E-state index in [0.29, 0.717) is 24.5 Å². The van der Waals surface area contributed by atoms with Crippen molar-refractivity contribution in [3.05, 3.63) is 29.8 Å². The molecule has 0 spiro atoms. The lowest BCUT2D eigenvalue weighted by atomic mass is 10.1. The monoisotopic (exact) mass is 278 g/mol. The van der Waals surface area contributed by atoms with Crippen molar-refractivity contribution in [3.8, 4) is 5.75 Å². The van der Waals surface area contributed by atoms with Gasteiger partial charge in [0.1, 0.15) is 12.4 Å². The van der Waals surface area contributed by atoms with Crippen molar-refractivity contribution in [2.24, 2.45) is 0 Å². The minimum atomic E-state index is -0.0649. The first-order chi connectivity index (χ1) is 9.81. The number of carbonyl (C=O) groups excluding carboxylic acids is 1. The largest absolute Gasteiger partial charge is 0.490 e. The van der Waals surface area contributed by atoms with E-state index < -0.39 is 0 Å². The predicted octanol–water partition coefficient (Wildman–Crippen LogP) is 1.19. The number of piperidine rings is 1. The molecule has 1 aliphatic heterocycles. The summed E-state index contributed by atoms with van der Waals surface area (Å²) in [5, 5.41) is 6.36. The first-order valence-corrected chi connectivity index (χ1v) is 7.03. The number of carbonyl (C=O) groups is 1. The molecular weight excluding hydrogens is 256 g/mol. The number of amides is 1. The summed E-state index contributed by atoms with van der Waals surface area (Å²) < 4.78 is 10.5. The Kier molecular flexibility index (Phi) is 5.83. The number of ether oxygens (including phenoxy) is 2. The third kappa shape index (κ3) is 4.21. The molecule has 0 unspecified atom stereocenters. The number of rotatable bonds is 6. The minimum absolute atomic E-state index is 0.0649. The van der Waals surface area contributed by atoms with Crippen molar-refractivity contribution in [1.29, 1.82) is 0 Å². The van der Waals surface area contributed by atoms with E-state index in [9.17, 15) is 4.79 Å². The Morgan fingerprint density at radius 3 is 2.80 bits per heavy atom. The van der Waals surface area contributed by atoms with E-state index in [1.54, 1.807) is 13.2 Å². The van der Waals surface area contributed by atoms with Crippen LogP contribution in [0.15, 0.2) is 24.3 Å². The van der Waals surface area contributed by atoms with Crippen LogP contribution in [-0.4, -0.2) is 45.4 Å². The molecule has 5 nitrogen and oxygen atoms in total. The van der Waals surface area contributed by atoms with Crippen LogP contribution < -0.4 is 15.4 Å². The molecule has 20 heavy (non-hydrogen) atoms. The lowest BCUT2D eigenvalue weighted by molar-refractivity contribution is 0.0922. The van der Waals surface area contributed by atoms with Gasteiger partial charge in [-0.3, -0.25) is 4.79 Å². The number of nitrogens with one attached hydrogen (secondary N) is 2. The molecule has 1 saturated heterocycles. The summed E-state index contributed by atoms with van der Waals surface area (Å²) in [5.74, 6) is 0.543. The lowest BCUT2D eigenvalue weighted by Crippen LogP contribution is -2.42. The van der Waals surface area contributed by atoms with Gasteiger partial charge in [-0.25, -0.2) is 0 Å². The maximum Gasteiger partial charge on any atom is 0.255 e. The molecule has 0 saturated carbocycles. The van der Waals surface area contributed by atoms with Gasteiger partial charge in [0.15, 0.2) is 0 Å². The molecule has 0 radical (unpaired) electrons. The average molecular weight is 278 g/mol. The van der Waals surface area contributed by atoms with E-state index >= 15 is 0 Å². The molecule has 0 aliphatic carbocycles. The standard InChI is InChI=1S/C15H22N2O3/c1-19-10-11-20-14-5-3-2-4-13(14)15(18)17-12-6-8-16-9-7-12/h2-5,12,16H,6-11H2,1H3,(H,17,18). The third-order valence-corrected chi connectivity index (χ3v) is 3.35. The van der Waals surface area contributed by atoms with Crippen molar-refractivity contribution < 1.29 is 14.3 Å². The highest BCUT2D eigenvalue weighted by molar-refractivity contribution is 5.97. The Morgan fingerprint density at radius 2 is 2.05 bits per heavy atom. The molecule has 0 aromatic heterocycles. The van der Waals surface area contributed by atoms with Gasteiger partial charge >= 0.3 is 0 Å². The number of benzene rings is 1. The smallest absolute Gasteiger partial charge is 0.255 e. The quantitative estimate of drug-likeness (QED) is 0.768. The lowest BCUT2D eigenvalue weighted by Gasteiger charge is -2.24. The van der Waals surface area contributed by atoms with Crippen LogP contribution in [0.2, 0.25) is 0 Å². The number of para-hydroxylation sites is 1. The van der Waals surface area contributed by atoms with Crippen LogP contribution in [-0.2, 0) is 4.74 Å². The summed E-state index contributed by atoms with van der Waals surface area (Å²) in [4.78, 5) is 12.3. The Hall–Kier alpha value is -1.59. The van der Waals surface area contributed by atoms with Crippen LogP contribution in [0.25, 0.3) is 0 Å². The number of hydrogen-bond donors (Lipinski definition) is 2. The molecule has 1 aromatic rings. The van der Waals surface area contributed by atoms with Gasteiger partial charge in [-0.2, -0.15) is 0 Å². The Balaban J connectivity index is 1.97. The average Bonchev–Trinajstić information content (AvgIpc) is 2.49. The Bertz CT molecular complexity index is 431. The molecule has 5 heteroatoms. The third-order valence-electron chi connectivity index (χ3n) is 3.35. The zero-order chi connectivity index (χ0) is 14.2. The summed E-state index contributed by atoms with van der Waals surface area (Å²) in [6, 6.07) is 7.56. The molecule has 2 N–H and O–H groups in total. The van der Waals surface area contributed by atoms with Crippen molar-refractivity contribution >= 4 is 5.91 Å². The second-order valence-electron chi connectivity index (χ2n) is 4.84. The highest BCUT2D eigenvalue weighted by Gasteiger charge is 2.18. The Morgan fingerprint density at radius 1 is 1.30 bits per heavy atom. The van der Waals surface area contributed by atoms with E-state index in [-0.39, 0.29) is 11.9 Å². The van der Waals surface area contributed by atoms with Crippen molar-refractivity contribution in [1.82, 2.24) is 10.6 Å². The van der Waals surface area contributed by atoms with Gasteiger partial charge in [0.05, 0.1) is 12.2 Å². The van der Waals surface area contributed by atoms with Crippen LogP contribution >= 0.6 is 0 Å². The van der Waals surface area contributed by atoms with Crippen molar-refractivity contribution in [3.63, 3.8) is 0 Å². The zero-order valence-electron chi connectivity index (χ0n) is 11.9. The predicted molar refractivity (Wildman–Crippen MR) is 77.2 cm³/mol. The van der Waals surface area contributed by atoms with E-state index in [4.69, 9.17) is 9.47 Å². The van der Waals surface area contributed by atoms with Gasteiger partial charge in [0.2, 0.25) is 0 Å². The van der Waals surface area contributed by atoms with Crippen LogP contribution in [0.5, 0.6) is 5.75 Å². The maximum atomic E-state index is 12.3. The summed E-state index contributed by atoms with van der Waals surface area (Å²) in [5.41, 5.74) is 0.585. The molecule has 1 amide bonds. The van der Waals surface area contributed by atoms with Gasteiger partial charge in [0, 0.05) is 13.2 Å². The first kappa shape index (κ1) is 14.8. The van der Waals surface area contributed by atoms with Crippen molar-refractivity contribution in [2.75, 3.05) is 33.4 Å². The molecular formula is C15H22N2O3. The van der Waals surface area contributed by atoms with Crippen LogP contribution in [0, 0.1) is 0 Å². The van der Waals surface area contributed by atoms with Crippen LogP contribution in [0.3, 0.4) is 0 Å². The maximum absolute atomic E-state index is 12.3. The van der Waals surface area contributed by atoms with E-state index in [1.165, 1.54) is 0 Å². The molecule has 1 heterocycles. The minimum Gasteiger partial charge on any atom is -0.490 e. The van der Waals surface area contributed by atoms with E-state index in [0.717, 1.165) is 25.9 Å². The molecule has 110 valence electrons. The summed E-state index contributed by atoms with van der Waals surface area (Å²) >= 11 is 0. The molecule has 1 aliphatic rings. The van der Waals surface area contributed by atoms with Gasteiger partial charge in [-0.15, -0.1) is 0 Å². The fourth-order valence-electron chi connectivity index (χ4n) is 2.24. The molecule has 1 fully saturated rings. The molecule has 1 aromatic carbocycles. The molecule has 0 bridgehead atoms. The number of hydrogen-bond acceptors (Lipinski definition) is 4. The van der Waals surface area contributed by atoms with E-state index in [2.05, 4.69) is 10.6 Å². The molecule has 2 rings (SSSR count). The van der Waals surface area contributed by atoms with Crippen molar-refractivity contribution in [2.45, 2.75) is 18.9 Å². The summed E-state index contributed by atoms with van der Waals surface area (Å²) in [6.07, 6.45) is 1.94. The Labute approximate surface area is 119 Å². The van der Waals surface area contributed by atoms with Gasteiger partial charge in [0.25, 0.3) is 5.91 Å². The van der Waals surface area contributed by atoms with Gasteiger partial charge < -0.3 is 20.1 Å². The second-order valence-corrected chi connectivity index (χ2v) is 4.84. The normalized spacial score (nSPS) is 15.8.